The van der Waals surface area contributed by atoms with E-state index >= 15 is 0 Å². The maximum Gasteiger partial charge on any atom is 0.573 e. The van der Waals surface area contributed by atoms with Gasteiger partial charge in [-0.2, -0.15) is 0 Å². The van der Waals surface area contributed by atoms with Gasteiger partial charge < -0.3 is 20.5 Å². The smallest absolute Gasteiger partial charge is 0.450 e. The molecule has 1 aromatic heterocycles. The van der Waals surface area contributed by atoms with Gasteiger partial charge in [-0.15, -0.1) is 24.5 Å². The van der Waals surface area contributed by atoms with Crippen molar-refractivity contribution in [3.05, 3.63) is 41.2 Å². The largest absolute Gasteiger partial charge is 0.573 e. The quantitative estimate of drug-likeness (QED) is 0.398. The lowest BCUT2D eigenvalue weighted by Gasteiger charge is -2.22. The molecule has 0 bridgehead atoms. The van der Waals surface area contributed by atoms with Gasteiger partial charge in [0.1, 0.15) is 20.8 Å². The van der Waals surface area contributed by atoms with Gasteiger partial charge in [-0.05, 0) is 26.0 Å². The predicted octanol–water partition coefficient (Wildman–Crippen LogP) is 3.14. The van der Waals surface area contributed by atoms with Crippen LogP contribution in [0.15, 0.2) is 28.5 Å². The summed E-state index contributed by atoms with van der Waals surface area (Å²) in [5, 5.41) is 2.02. The molecule has 0 unspecified atom stereocenters. The van der Waals surface area contributed by atoms with Crippen LogP contribution in [-0.4, -0.2) is 38.2 Å². The highest BCUT2D eigenvalue weighted by molar-refractivity contribution is 7.92. The van der Waals surface area contributed by atoms with E-state index < -0.39 is 66.7 Å². The first-order chi connectivity index (χ1) is 15.4. The molecule has 0 fully saturated rings. The number of amides is 2. The topological polar surface area (TPSA) is 142 Å². The van der Waals surface area contributed by atoms with Gasteiger partial charge in [0.15, 0.2) is 15.4 Å². The highest BCUT2D eigenvalue weighted by atomic mass is 32.2. The van der Waals surface area contributed by atoms with E-state index in [2.05, 4.69) is 10.1 Å². The molecule has 9 nitrogen and oxygen atoms in total. The third-order valence-corrected chi connectivity index (χ3v) is 7.34. The molecule has 0 radical (unpaired) electrons. The molecule has 3 N–H and O–H groups in total. The summed E-state index contributed by atoms with van der Waals surface area (Å²) in [7, 11) is -4.34. The number of esters is 1. The Morgan fingerprint density at radius 2 is 1.76 bits per heavy atom. The zero-order chi connectivity index (χ0) is 26.1. The standard InChI is InChI=1S/C19H18F4N2O7S2/c1-9(26)31-18(2,3)17(28)25-16-12(15(24)27)7-14(33-16)34(29,30)8-10-4-5-11(6-13(10)20)32-19(21,22)23/h4-7H,8H2,1-3H3,(H2,24,27)(H,25,28). The van der Waals surface area contributed by atoms with Crippen molar-refractivity contribution in [2.24, 2.45) is 5.73 Å². The lowest BCUT2D eigenvalue weighted by molar-refractivity contribution is -0.274. The van der Waals surface area contributed by atoms with Crippen LogP contribution in [0.25, 0.3) is 0 Å². The monoisotopic (exact) mass is 526 g/mol. The van der Waals surface area contributed by atoms with Gasteiger partial charge in [0, 0.05) is 18.6 Å². The van der Waals surface area contributed by atoms with Gasteiger partial charge in [-0.25, -0.2) is 12.8 Å². The number of thiophene rings is 1. The minimum absolute atomic E-state index is 0.259. The van der Waals surface area contributed by atoms with Crippen LogP contribution >= 0.6 is 11.3 Å². The number of ether oxygens (including phenoxy) is 2. The van der Waals surface area contributed by atoms with Crippen LogP contribution in [0.2, 0.25) is 0 Å². The molecule has 0 spiro atoms. The number of hydrogen-bond acceptors (Lipinski definition) is 8. The molecule has 186 valence electrons. The molecule has 2 amide bonds. The number of sulfone groups is 1. The second-order valence-electron chi connectivity index (χ2n) is 7.29. The summed E-state index contributed by atoms with van der Waals surface area (Å²) in [4.78, 5) is 35.4. The number of alkyl halides is 3. The normalized spacial score (nSPS) is 12.2. The SMILES string of the molecule is CC(=O)OC(C)(C)C(=O)Nc1sc(S(=O)(=O)Cc2ccc(OC(F)(F)F)cc2F)cc1C(N)=O. The lowest BCUT2D eigenvalue weighted by Crippen LogP contribution is -2.41. The van der Waals surface area contributed by atoms with Gasteiger partial charge in [-0.1, -0.05) is 6.07 Å². The van der Waals surface area contributed by atoms with Crippen molar-refractivity contribution in [1.82, 2.24) is 0 Å². The summed E-state index contributed by atoms with van der Waals surface area (Å²) in [6.07, 6.45) is -5.06. The van der Waals surface area contributed by atoms with Crippen LogP contribution in [0.3, 0.4) is 0 Å². The molecule has 34 heavy (non-hydrogen) atoms. The van der Waals surface area contributed by atoms with Crippen LogP contribution < -0.4 is 15.8 Å². The number of halogens is 4. The van der Waals surface area contributed by atoms with Crippen LogP contribution in [-0.2, 0) is 29.9 Å². The number of primary amides is 1. The number of benzene rings is 1. The number of anilines is 1. The Hall–Kier alpha value is -3.20. The summed E-state index contributed by atoms with van der Waals surface area (Å²) in [6.45, 7) is 3.59. The summed E-state index contributed by atoms with van der Waals surface area (Å²) in [6, 6.07) is 2.80. The second kappa shape index (κ2) is 9.58. The summed E-state index contributed by atoms with van der Waals surface area (Å²) < 4.78 is 84.5. The molecule has 2 aromatic rings. The average Bonchev–Trinajstić information content (AvgIpc) is 3.06. The Balaban J connectivity index is 2.34. The minimum atomic E-state index is -5.06. The zero-order valence-electron chi connectivity index (χ0n) is 17.8. The fraction of sp³-hybridized carbons (Fsp3) is 0.316. The first-order valence-electron chi connectivity index (χ1n) is 9.13. The van der Waals surface area contributed by atoms with Crippen molar-refractivity contribution in [1.29, 1.82) is 0 Å². The van der Waals surface area contributed by atoms with Crippen molar-refractivity contribution in [3.8, 4) is 5.75 Å². The Morgan fingerprint density at radius 3 is 2.26 bits per heavy atom. The van der Waals surface area contributed by atoms with Crippen LogP contribution in [0.1, 0.15) is 36.7 Å². The van der Waals surface area contributed by atoms with Crippen molar-refractivity contribution in [2.75, 3.05) is 5.32 Å². The molecular weight excluding hydrogens is 508 g/mol. The first kappa shape index (κ1) is 27.0. The van der Waals surface area contributed by atoms with E-state index in [1.807, 2.05) is 0 Å². The van der Waals surface area contributed by atoms with Gasteiger partial charge in [-0.3, -0.25) is 14.4 Å². The maximum atomic E-state index is 14.2. The molecule has 0 saturated carbocycles. The molecule has 0 saturated heterocycles. The summed E-state index contributed by atoms with van der Waals surface area (Å²) in [5.41, 5.74) is 2.74. The molecule has 0 aliphatic rings. The second-order valence-corrected chi connectivity index (χ2v) is 10.6. The third kappa shape index (κ3) is 6.90. The predicted molar refractivity (Wildman–Crippen MR) is 111 cm³/mol. The molecule has 0 aliphatic heterocycles. The highest BCUT2D eigenvalue weighted by Crippen LogP contribution is 2.34. The average molecular weight is 526 g/mol. The third-order valence-electron chi connectivity index (χ3n) is 4.06. The van der Waals surface area contributed by atoms with E-state index in [4.69, 9.17) is 10.5 Å². The van der Waals surface area contributed by atoms with E-state index in [1.165, 1.54) is 13.8 Å². The molecular formula is C19H18F4N2O7S2. The fourth-order valence-electron chi connectivity index (χ4n) is 2.57. The van der Waals surface area contributed by atoms with E-state index in [9.17, 15) is 40.4 Å². The molecule has 1 aromatic carbocycles. The van der Waals surface area contributed by atoms with E-state index in [1.54, 1.807) is 0 Å². The zero-order valence-corrected chi connectivity index (χ0v) is 19.4. The van der Waals surface area contributed by atoms with Crippen molar-refractivity contribution in [2.45, 2.75) is 42.7 Å². The molecule has 0 atom stereocenters. The molecule has 2 rings (SSSR count). The van der Waals surface area contributed by atoms with Gasteiger partial charge in [0.2, 0.25) is 0 Å². The maximum absolute atomic E-state index is 14.2. The van der Waals surface area contributed by atoms with Crippen molar-refractivity contribution >= 4 is 44.0 Å². The molecule has 0 aliphatic carbocycles. The van der Waals surface area contributed by atoms with Crippen LogP contribution in [0.4, 0.5) is 22.6 Å². The van der Waals surface area contributed by atoms with Gasteiger partial charge >= 0.3 is 12.3 Å². The van der Waals surface area contributed by atoms with Crippen molar-refractivity contribution in [3.63, 3.8) is 0 Å². The van der Waals surface area contributed by atoms with E-state index in [0.717, 1.165) is 25.1 Å². The minimum Gasteiger partial charge on any atom is -0.450 e. The Morgan fingerprint density at radius 1 is 1.15 bits per heavy atom. The first-order valence-corrected chi connectivity index (χ1v) is 11.6. The number of carbonyl (C=O) groups is 3. The number of nitrogens with one attached hydrogen (secondary N) is 1. The summed E-state index contributed by atoms with van der Waals surface area (Å²) in [5.74, 6) is -5.86. The van der Waals surface area contributed by atoms with Crippen molar-refractivity contribution < 1.29 is 49.8 Å². The number of rotatable bonds is 8. The summed E-state index contributed by atoms with van der Waals surface area (Å²) >= 11 is 0.437. The Labute approximate surface area is 194 Å². The molecule has 15 heteroatoms. The van der Waals surface area contributed by atoms with Crippen LogP contribution in [0.5, 0.6) is 5.75 Å². The number of carbonyl (C=O) groups excluding carboxylic acids is 3. The van der Waals surface area contributed by atoms with E-state index in [-0.39, 0.29) is 10.6 Å². The van der Waals surface area contributed by atoms with Crippen LogP contribution in [0, 0.1) is 5.82 Å². The highest BCUT2D eigenvalue weighted by Gasteiger charge is 2.34. The van der Waals surface area contributed by atoms with E-state index in [0.29, 0.717) is 17.4 Å². The van der Waals surface area contributed by atoms with Gasteiger partial charge in [0.05, 0.1) is 11.3 Å². The Bertz CT molecular complexity index is 1240. The number of nitrogens with two attached hydrogens (primary N) is 1. The Kier molecular flexibility index (Phi) is 7.62. The lowest BCUT2D eigenvalue weighted by atomic mass is 10.1. The van der Waals surface area contributed by atoms with Gasteiger partial charge in [0.25, 0.3) is 11.8 Å². The molecule has 1 heterocycles. The fourth-order valence-corrected chi connectivity index (χ4v) is 5.38. The number of hydrogen-bond donors (Lipinski definition) is 2.